The van der Waals surface area contributed by atoms with E-state index in [1.54, 1.807) is 45.0 Å². The van der Waals surface area contributed by atoms with Crippen LogP contribution in [0.4, 0.5) is 15.3 Å². The summed E-state index contributed by atoms with van der Waals surface area (Å²) in [6.07, 6.45) is -1.72. The van der Waals surface area contributed by atoms with Crippen molar-refractivity contribution in [1.29, 1.82) is 0 Å². The van der Waals surface area contributed by atoms with Crippen LogP contribution in [-0.4, -0.2) is 57.1 Å². The van der Waals surface area contributed by atoms with E-state index >= 15 is 0 Å². The first-order chi connectivity index (χ1) is 16.4. The van der Waals surface area contributed by atoms with E-state index in [4.69, 9.17) is 14.2 Å². The molecule has 12 heteroatoms. The Kier molecular flexibility index (Phi) is 9.38. The Bertz CT molecular complexity index is 1040. The van der Waals surface area contributed by atoms with Gasteiger partial charge in [-0.2, -0.15) is 0 Å². The molecule has 0 saturated carbocycles. The molecule has 0 fully saturated rings. The predicted molar refractivity (Wildman–Crippen MR) is 122 cm³/mol. The van der Waals surface area contributed by atoms with Crippen molar-refractivity contribution in [2.45, 2.75) is 51.5 Å². The lowest BCUT2D eigenvalue weighted by atomic mass is 10.1. The average Bonchev–Trinajstić information content (AvgIpc) is 2.77. The molecule has 0 aliphatic heterocycles. The van der Waals surface area contributed by atoms with Crippen molar-refractivity contribution >= 4 is 29.8 Å². The number of anilines is 1. The third-order valence-electron chi connectivity index (χ3n) is 4.22. The zero-order chi connectivity index (χ0) is 26.0. The Balaban J connectivity index is 2.08. The van der Waals surface area contributed by atoms with Gasteiger partial charge in [-0.3, -0.25) is 10.3 Å². The standard InChI is InChI=1S/C23H27N3O9/c1-23(2,3)35-22(32)26-16(19(27)28)11-17(20(29)30)34-18-12-24-10-9-15(18)25-21(31)33-13-14-7-5-4-6-8-14/h4-10,12,16-17H,11,13H2,1-3H3,(H,26,32)(H,27,28)(H,29,30)(H,24,25,31)/t16-,17-/m0/s1. The molecule has 0 radical (unpaired) electrons. The number of hydrogen-bond donors (Lipinski definition) is 4. The largest absolute Gasteiger partial charge is 0.480 e. The summed E-state index contributed by atoms with van der Waals surface area (Å²) in [6, 6.07) is 8.67. The highest BCUT2D eigenvalue weighted by Crippen LogP contribution is 2.25. The number of carboxylic acids is 2. The minimum atomic E-state index is -1.71. The average molecular weight is 489 g/mol. The van der Waals surface area contributed by atoms with Crippen LogP contribution in [0, 0.1) is 0 Å². The van der Waals surface area contributed by atoms with Crippen molar-refractivity contribution in [3.8, 4) is 5.75 Å². The first kappa shape index (κ1) is 26.9. The summed E-state index contributed by atoms with van der Waals surface area (Å²) in [6.45, 7) is 4.77. The minimum absolute atomic E-state index is 0.00231. The molecule has 1 aromatic heterocycles. The van der Waals surface area contributed by atoms with Gasteiger partial charge in [-0.25, -0.2) is 19.2 Å². The van der Waals surface area contributed by atoms with Gasteiger partial charge >= 0.3 is 24.1 Å². The SMILES string of the molecule is CC(C)(C)OC(=O)N[C@@H](C[C@H](Oc1cnccc1NC(=O)OCc1ccccc1)C(=O)O)C(=O)O. The molecule has 0 aliphatic carbocycles. The Labute approximate surface area is 201 Å². The topological polar surface area (TPSA) is 173 Å². The van der Waals surface area contributed by atoms with Crippen LogP contribution in [-0.2, 0) is 25.7 Å². The van der Waals surface area contributed by atoms with Gasteiger partial charge in [-0.1, -0.05) is 30.3 Å². The predicted octanol–water partition coefficient (Wildman–Crippen LogP) is 3.03. The number of ether oxygens (including phenoxy) is 3. The molecule has 12 nitrogen and oxygen atoms in total. The highest BCUT2D eigenvalue weighted by atomic mass is 16.6. The lowest BCUT2D eigenvalue weighted by Gasteiger charge is -2.24. The number of nitrogens with one attached hydrogen (secondary N) is 2. The van der Waals surface area contributed by atoms with Crippen LogP contribution in [0.5, 0.6) is 5.75 Å². The number of carbonyl (C=O) groups is 4. The van der Waals surface area contributed by atoms with Gasteiger partial charge in [-0.15, -0.1) is 0 Å². The third kappa shape index (κ3) is 9.58. The quantitative estimate of drug-likeness (QED) is 0.388. The summed E-state index contributed by atoms with van der Waals surface area (Å²) in [5.74, 6) is -3.12. The molecule has 1 aromatic carbocycles. The Hall–Kier alpha value is -4.35. The molecule has 188 valence electrons. The normalized spacial score (nSPS) is 12.5. The number of carboxylic acid groups (broad SMARTS) is 2. The number of carbonyl (C=O) groups excluding carboxylic acids is 2. The summed E-state index contributed by atoms with van der Waals surface area (Å²) >= 11 is 0. The molecule has 1 heterocycles. The van der Waals surface area contributed by atoms with Gasteiger partial charge in [0.2, 0.25) is 0 Å². The molecule has 0 spiro atoms. The molecule has 0 aliphatic rings. The van der Waals surface area contributed by atoms with Gasteiger partial charge in [0.25, 0.3) is 0 Å². The van der Waals surface area contributed by atoms with Gasteiger partial charge in [-0.05, 0) is 32.4 Å². The van der Waals surface area contributed by atoms with Crippen LogP contribution in [0.15, 0.2) is 48.8 Å². The fourth-order valence-corrected chi connectivity index (χ4v) is 2.68. The summed E-state index contributed by atoms with van der Waals surface area (Å²) < 4.78 is 15.6. The highest BCUT2D eigenvalue weighted by molar-refractivity contribution is 5.87. The number of aliphatic carboxylic acids is 2. The summed E-state index contributed by atoms with van der Waals surface area (Å²) in [5.41, 5.74) is -0.0744. The zero-order valence-electron chi connectivity index (χ0n) is 19.4. The molecule has 0 unspecified atom stereocenters. The second kappa shape index (κ2) is 12.2. The van der Waals surface area contributed by atoms with Gasteiger partial charge < -0.3 is 29.7 Å². The Morgan fingerprint density at radius 3 is 2.29 bits per heavy atom. The van der Waals surface area contributed by atoms with E-state index in [-0.39, 0.29) is 18.0 Å². The molecule has 2 rings (SSSR count). The van der Waals surface area contributed by atoms with Gasteiger partial charge in [0.05, 0.1) is 11.9 Å². The molecule has 4 N–H and O–H groups in total. The van der Waals surface area contributed by atoms with E-state index in [2.05, 4.69) is 15.6 Å². The number of aromatic nitrogens is 1. The van der Waals surface area contributed by atoms with Crippen molar-refractivity contribution in [1.82, 2.24) is 10.3 Å². The fraction of sp³-hybridized carbons (Fsp3) is 0.348. The van der Waals surface area contributed by atoms with Crippen molar-refractivity contribution in [3.05, 3.63) is 54.4 Å². The van der Waals surface area contributed by atoms with Gasteiger partial charge in [0.15, 0.2) is 11.9 Å². The monoisotopic (exact) mass is 489 g/mol. The molecule has 2 aromatic rings. The molecule has 0 bridgehead atoms. The van der Waals surface area contributed by atoms with Crippen LogP contribution in [0.3, 0.4) is 0 Å². The summed E-state index contributed by atoms with van der Waals surface area (Å²) in [7, 11) is 0. The molecular formula is C23H27N3O9. The maximum Gasteiger partial charge on any atom is 0.412 e. The van der Waals surface area contributed by atoms with E-state index in [0.29, 0.717) is 0 Å². The maximum absolute atomic E-state index is 12.2. The first-order valence-electron chi connectivity index (χ1n) is 10.5. The van der Waals surface area contributed by atoms with E-state index < -0.39 is 48.3 Å². The van der Waals surface area contributed by atoms with Crippen LogP contribution < -0.4 is 15.4 Å². The van der Waals surface area contributed by atoms with Crippen LogP contribution >= 0.6 is 0 Å². The summed E-state index contributed by atoms with van der Waals surface area (Å²) in [5, 5.41) is 23.6. The van der Waals surface area contributed by atoms with Crippen LogP contribution in [0.2, 0.25) is 0 Å². The first-order valence-corrected chi connectivity index (χ1v) is 10.5. The Morgan fingerprint density at radius 2 is 1.69 bits per heavy atom. The van der Waals surface area contributed by atoms with Crippen LogP contribution in [0.1, 0.15) is 32.8 Å². The third-order valence-corrected chi connectivity index (χ3v) is 4.22. The molecule has 2 amide bonds. The Morgan fingerprint density at radius 1 is 1.00 bits per heavy atom. The number of nitrogens with zero attached hydrogens (tertiary/aromatic N) is 1. The molecule has 2 atom stereocenters. The number of amides is 2. The minimum Gasteiger partial charge on any atom is -0.480 e. The zero-order valence-corrected chi connectivity index (χ0v) is 19.4. The second-order valence-corrected chi connectivity index (χ2v) is 8.28. The van der Waals surface area contributed by atoms with Gasteiger partial charge in [0.1, 0.15) is 18.2 Å². The molecule has 0 saturated heterocycles. The maximum atomic E-state index is 12.2. The van der Waals surface area contributed by atoms with Crippen LogP contribution in [0.25, 0.3) is 0 Å². The van der Waals surface area contributed by atoms with E-state index in [1.807, 2.05) is 6.07 Å². The van der Waals surface area contributed by atoms with E-state index in [9.17, 15) is 29.4 Å². The molecular weight excluding hydrogens is 462 g/mol. The lowest BCUT2D eigenvalue weighted by Crippen LogP contribution is -2.47. The van der Waals surface area contributed by atoms with Crippen molar-refractivity contribution < 1.29 is 43.6 Å². The van der Waals surface area contributed by atoms with Crippen molar-refractivity contribution in [2.75, 3.05) is 5.32 Å². The van der Waals surface area contributed by atoms with Gasteiger partial charge in [0, 0.05) is 12.6 Å². The summed E-state index contributed by atoms with van der Waals surface area (Å²) in [4.78, 5) is 51.4. The number of pyridine rings is 1. The number of rotatable bonds is 10. The number of alkyl carbamates (subject to hydrolysis) is 1. The van der Waals surface area contributed by atoms with E-state index in [1.165, 1.54) is 12.3 Å². The number of hydrogen-bond acceptors (Lipinski definition) is 8. The number of benzene rings is 1. The fourth-order valence-electron chi connectivity index (χ4n) is 2.68. The smallest absolute Gasteiger partial charge is 0.412 e. The highest BCUT2D eigenvalue weighted by Gasteiger charge is 2.32. The second-order valence-electron chi connectivity index (χ2n) is 8.28. The van der Waals surface area contributed by atoms with Crippen molar-refractivity contribution in [3.63, 3.8) is 0 Å². The van der Waals surface area contributed by atoms with E-state index in [0.717, 1.165) is 11.8 Å². The van der Waals surface area contributed by atoms with Crippen molar-refractivity contribution in [2.24, 2.45) is 0 Å². The lowest BCUT2D eigenvalue weighted by molar-refractivity contribution is -0.147. The molecule has 35 heavy (non-hydrogen) atoms.